The van der Waals surface area contributed by atoms with Gasteiger partial charge in [-0.25, -0.2) is 4.98 Å². The first kappa shape index (κ1) is 15.2. The van der Waals surface area contributed by atoms with Gasteiger partial charge in [0.2, 0.25) is 6.10 Å². The van der Waals surface area contributed by atoms with Crippen LogP contribution in [0.15, 0.2) is 60.7 Å². The number of benzene rings is 3. The van der Waals surface area contributed by atoms with E-state index < -0.39 is 6.10 Å². The largest absolute Gasteiger partial charge is 0.485 e. The third-order valence-corrected chi connectivity index (χ3v) is 5.33. The lowest BCUT2D eigenvalue weighted by Gasteiger charge is -2.25. The Bertz CT molecular complexity index is 1140. The normalized spacial score (nSPS) is 15.9. The highest BCUT2D eigenvalue weighted by atomic mass is 32.1. The summed E-state index contributed by atoms with van der Waals surface area (Å²) in [5.41, 5.74) is 0.871. The number of fused-ring (bicyclic) bond motifs is 4. The van der Waals surface area contributed by atoms with Crippen molar-refractivity contribution in [3.05, 3.63) is 60.7 Å². The van der Waals surface area contributed by atoms with E-state index in [4.69, 9.17) is 9.47 Å². The lowest BCUT2D eigenvalue weighted by Crippen LogP contribution is -2.40. The van der Waals surface area contributed by atoms with Gasteiger partial charge in [0, 0.05) is 5.39 Å². The Hall–Kier alpha value is -3.12. The van der Waals surface area contributed by atoms with Crippen molar-refractivity contribution in [1.82, 2.24) is 4.98 Å². The van der Waals surface area contributed by atoms with Crippen molar-refractivity contribution in [2.75, 3.05) is 11.9 Å². The lowest BCUT2D eigenvalue weighted by atomic mass is 10.1. The number of hydrogen-bond donors (Lipinski definition) is 1. The van der Waals surface area contributed by atoms with Gasteiger partial charge in [0.15, 0.2) is 16.6 Å². The first-order chi connectivity index (χ1) is 12.8. The number of ether oxygens (including phenoxy) is 2. The van der Waals surface area contributed by atoms with E-state index in [0.717, 1.165) is 21.0 Å². The number of carbonyl (C=O) groups is 1. The van der Waals surface area contributed by atoms with E-state index in [9.17, 15) is 4.79 Å². The molecule has 5 rings (SSSR count). The number of nitrogens with one attached hydrogen (secondary N) is 1. The molecule has 1 atom stereocenters. The number of amides is 1. The average Bonchev–Trinajstić information content (AvgIpc) is 3.10. The molecule has 4 aromatic rings. The van der Waals surface area contributed by atoms with Gasteiger partial charge in [0.05, 0.1) is 10.2 Å². The summed E-state index contributed by atoms with van der Waals surface area (Å²) in [5, 5.41) is 5.71. The Morgan fingerprint density at radius 2 is 1.85 bits per heavy atom. The van der Waals surface area contributed by atoms with Crippen molar-refractivity contribution in [2.24, 2.45) is 0 Å². The quantitative estimate of drug-likeness (QED) is 0.580. The Kier molecular flexibility index (Phi) is 3.50. The fourth-order valence-electron chi connectivity index (χ4n) is 3.04. The maximum absolute atomic E-state index is 12.6. The summed E-state index contributed by atoms with van der Waals surface area (Å²) >= 11 is 1.47. The molecule has 1 aromatic heterocycles. The molecule has 0 aliphatic carbocycles. The van der Waals surface area contributed by atoms with E-state index in [1.807, 2.05) is 42.5 Å². The van der Waals surface area contributed by atoms with Gasteiger partial charge in [-0.15, -0.1) is 0 Å². The van der Waals surface area contributed by atoms with Gasteiger partial charge in [0.1, 0.15) is 6.61 Å². The molecule has 0 saturated heterocycles. The second-order valence-electron chi connectivity index (χ2n) is 6.01. The van der Waals surface area contributed by atoms with Crippen LogP contribution < -0.4 is 14.8 Å². The highest BCUT2D eigenvalue weighted by Crippen LogP contribution is 2.34. The van der Waals surface area contributed by atoms with Crippen molar-refractivity contribution in [2.45, 2.75) is 6.10 Å². The molecule has 0 fully saturated rings. The smallest absolute Gasteiger partial charge is 0.270 e. The Morgan fingerprint density at radius 1 is 1.04 bits per heavy atom. The van der Waals surface area contributed by atoms with Crippen LogP contribution in [0.3, 0.4) is 0 Å². The number of nitrogens with zero attached hydrogens (tertiary/aromatic N) is 1. The standard InChI is InChI=1S/C20H14N2O3S/c23-19(17-11-24-15-7-3-4-8-16(15)25-17)22-20-21-14-10-9-12-5-1-2-6-13(12)18(14)26-20/h1-10,17H,11H2,(H,21,22,23). The van der Waals surface area contributed by atoms with Gasteiger partial charge in [-0.3, -0.25) is 10.1 Å². The van der Waals surface area contributed by atoms with E-state index in [2.05, 4.69) is 22.4 Å². The molecule has 128 valence electrons. The second-order valence-corrected chi connectivity index (χ2v) is 7.01. The summed E-state index contributed by atoms with van der Waals surface area (Å²) in [7, 11) is 0. The molecule has 2 heterocycles. The van der Waals surface area contributed by atoms with Gasteiger partial charge in [0.25, 0.3) is 5.91 Å². The van der Waals surface area contributed by atoms with Crippen LogP contribution in [-0.4, -0.2) is 23.6 Å². The number of anilines is 1. The van der Waals surface area contributed by atoms with Crippen LogP contribution in [-0.2, 0) is 4.79 Å². The molecule has 1 unspecified atom stereocenters. The minimum Gasteiger partial charge on any atom is -0.485 e. The predicted octanol–water partition coefficient (Wildman–Crippen LogP) is 4.23. The minimum atomic E-state index is -0.700. The van der Waals surface area contributed by atoms with Crippen molar-refractivity contribution in [3.8, 4) is 11.5 Å². The fourth-order valence-corrected chi connectivity index (χ4v) is 4.05. The molecule has 26 heavy (non-hydrogen) atoms. The van der Waals surface area contributed by atoms with Gasteiger partial charge in [-0.05, 0) is 23.6 Å². The molecule has 0 radical (unpaired) electrons. The molecule has 0 saturated carbocycles. The Balaban J connectivity index is 1.41. The van der Waals surface area contributed by atoms with Gasteiger partial charge < -0.3 is 9.47 Å². The van der Waals surface area contributed by atoms with Gasteiger partial charge in [-0.2, -0.15) is 0 Å². The van der Waals surface area contributed by atoms with Crippen LogP contribution in [0.1, 0.15) is 0 Å². The molecule has 1 aliphatic rings. The number of para-hydroxylation sites is 2. The van der Waals surface area contributed by atoms with Crippen LogP contribution in [0.4, 0.5) is 5.13 Å². The van der Waals surface area contributed by atoms with E-state index in [-0.39, 0.29) is 12.5 Å². The van der Waals surface area contributed by atoms with Gasteiger partial charge in [-0.1, -0.05) is 53.8 Å². The molecule has 3 aromatic carbocycles. The molecular weight excluding hydrogens is 348 g/mol. The Labute approximate surface area is 153 Å². The van der Waals surface area contributed by atoms with Crippen LogP contribution in [0.2, 0.25) is 0 Å². The number of thiazole rings is 1. The SMILES string of the molecule is O=C(Nc1nc2ccc3ccccc3c2s1)C1COc2ccccc2O1. The Morgan fingerprint density at radius 3 is 2.77 bits per heavy atom. The van der Waals surface area contributed by atoms with Gasteiger partial charge >= 0.3 is 0 Å². The first-order valence-corrected chi connectivity index (χ1v) is 9.07. The van der Waals surface area contributed by atoms with E-state index >= 15 is 0 Å². The zero-order valence-electron chi connectivity index (χ0n) is 13.6. The molecule has 0 spiro atoms. The van der Waals surface area contributed by atoms with Crippen LogP contribution >= 0.6 is 11.3 Å². The second kappa shape index (κ2) is 6.00. The maximum Gasteiger partial charge on any atom is 0.270 e. The highest BCUT2D eigenvalue weighted by Gasteiger charge is 2.28. The topological polar surface area (TPSA) is 60.5 Å². The summed E-state index contributed by atoms with van der Waals surface area (Å²) in [6, 6.07) is 19.5. The number of rotatable bonds is 2. The fraction of sp³-hybridized carbons (Fsp3) is 0.100. The molecular formula is C20H14N2O3S. The zero-order valence-corrected chi connectivity index (χ0v) is 14.5. The molecule has 1 amide bonds. The molecule has 0 bridgehead atoms. The summed E-state index contributed by atoms with van der Waals surface area (Å²) < 4.78 is 12.4. The maximum atomic E-state index is 12.6. The van der Waals surface area contributed by atoms with E-state index in [1.165, 1.54) is 11.3 Å². The minimum absolute atomic E-state index is 0.177. The monoisotopic (exact) mass is 362 g/mol. The van der Waals surface area contributed by atoms with Crippen molar-refractivity contribution in [3.63, 3.8) is 0 Å². The summed E-state index contributed by atoms with van der Waals surface area (Å²) in [6.45, 7) is 0.177. The lowest BCUT2D eigenvalue weighted by molar-refractivity contribution is -0.125. The molecule has 5 nitrogen and oxygen atoms in total. The van der Waals surface area contributed by atoms with Crippen molar-refractivity contribution >= 4 is 43.4 Å². The number of carbonyl (C=O) groups excluding carboxylic acids is 1. The third-order valence-electron chi connectivity index (χ3n) is 4.31. The molecule has 1 N–H and O–H groups in total. The zero-order chi connectivity index (χ0) is 17.5. The van der Waals surface area contributed by atoms with Crippen LogP contribution in [0.25, 0.3) is 21.0 Å². The molecule has 1 aliphatic heterocycles. The third kappa shape index (κ3) is 2.55. The van der Waals surface area contributed by atoms with E-state index in [0.29, 0.717) is 16.6 Å². The van der Waals surface area contributed by atoms with Crippen LogP contribution in [0.5, 0.6) is 11.5 Å². The van der Waals surface area contributed by atoms with E-state index in [1.54, 1.807) is 6.07 Å². The summed E-state index contributed by atoms with van der Waals surface area (Å²) in [4.78, 5) is 17.1. The first-order valence-electron chi connectivity index (χ1n) is 8.25. The van der Waals surface area contributed by atoms with Crippen molar-refractivity contribution in [1.29, 1.82) is 0 Å². The summed E-state index contributed by atoms with van der Waals surface area (Å²) in [6.07, 6.45) is -0.700. The molecule has 6 heteroatoms. The summed E-state index contributed by atoms with van der Waals surface area (Å²) in [5.74, 6) is 0.972. The number of aromatic nitrogens is 1. The average molecular weight is 362 g/mol. The van der Waals surface area contributed by atoms with Crippen molar-refractivity contribution < 1.29 is 14.3 Å². The highest BCUT2D eigenvalue weighted by molar-refractivity contribution is 7.23. The predicted molar refractivity (Wildman–Crippen MR) is 102 cm³/mol. The van der Waals surface area contributed by atoms with Crippen LogP contribution in [0, 0.1) is 0 Å². The number of hydrogen-bond acceptors (Lipinski definition) is 5.